The summed E-state index contributed by atoms with van der Waals surface area (Å²) < 4.78 is 31.4. The van der Waals surface area contributed by atoms with Gasteiger partial charge in [0, 0.05) is 12.6 Å². The van der Waals surface area contributed by atoms with Crippen LogP contribution in [0.4, 0.5) is 14.6 Å². The number of imidazole rings is 1. The molecule has 3 aromatic rings. The number of aromatic nitrogens is 4. The van der Waals surface area contributed by atoms with Crippen molar-refractivity contribution in [3.8, 4) is 17.3 Å². The fourth-order valence-corrected chi connectivity index (χ4v) is 2.93. The van der Waals surface area contributed by atoms with E-state index >= 15 is 0 Å². The predicted octanol–water partition coefficient (Wildman–Crippen LogP) is 2.21. The first kappa shape index (κ1) is 16.6. The zero-order chi connectivity index (χ0) is 17.9. The lowest BCUT2D eigenvalue weighted by Gasteiger charge is -2.12. The lowest BCUT2D eigenvalue weighted by Crippen LogP contribution is -2.22. The molecule has 3 aromatic heterocycles. The highest BCUT2D eigenvalue weighted by Crippen LogP contribution is 2.22. The highest BCUT2D eigenvalue weighted by atomic mass is 19.3. The molecule has 1 atom stereocenters. The number of halogens is 2. The van der Waals surface area contributed by atoms with Crippen LogP contribution in [0.15, 0.2) is 36.8 Å². The van der Waals surface area contributed by atoms with E-state index in [9.17, 15) is 8.78 Å². The molecule has 0 aromatic carbocycles. The van der Waals surface area contributed by atoms with Gasteiger partial charge in [-0.1, -0.05) is 6.07 Å². The molecule has 1 aliphatic rings. The highest BCUT2D eigenvalue weighted by Gasteiger charge is 2.15. The van der Waals surface area contributed by atoms with E-state index in [1.165, 1.54) is 6.20 Å². The Morgan fingerprint density at radius 1 is 1.31 bits per heavy atom. The third kappa shape index (κ3) is 3.57. The van der Waals surface area contributed by atoms with Gasteiger partial charge in [-0.3, -0.25) is 4.40 Å². The van der Waals surface area contributed by atoms with Crippen LogP contribution in [0.1, 0.15) is 6.42 Å². The maximum atomic E-state index is 12.3. The molecule has 4 rings (SSSR count). The molecule has 7 nitrogen and oxygen atoms in total. The van der Waals surface area contributed by atoms with E-state index in [1.807, 2.05) is 18.2 Å². The number of nitrogens with zero attached hydrogens (tertiary/aromatic N) is 4. The number of alkyl halides is 2. The number of nitrogens with one attached hydrogen (secondary N) is 2. The first-order chi connectivity index (χ1) is 12.7. The second-order valence-corrected chi connectivity index (χ2v) is 6.04. The summed E-state index contributed by atoms with van der Waals surface area (Å²) in [7, 11) is 0. The zero-order valence-electron chi connectivity index (χ0n) is 13.9. The van der Waals surface area contributed by atoms with E-state index < -0.39 is 13.0 Å². The van der Waals surface area contributed by atoms with E-state index in [0.29, 0.717) is 11.7 Å². The van der Waals surface area contributed by atoms with Crippen LogP contribution in [-0.4, -0.2) is 51.5 Å². The normalized spacial score (nSPS) is 17.1. The number of hydrogen-bond acceptors (Lipinski definition) is 6. The Hall–Kier alpha value is -2.81. The Balaban J connectivity index is 1.62. The largest absolute Gasteiger partial charge is 0.471 e. The van der Waals surface area contributed by atoms with Crippen molar-refractivity contribution in [2.75, 3.05) is 25.0 Å². The van der Waals surface area contributed by atoms with Crippen LogP contribution in [-0.2, 0) is 0 Å². The van der Waals surface area contributed by atoms with Crippen LogP contribution in [0, 0.1) is 0 Å². The van der Waals surface area contributed by atoms with Crippen molar-refractivity contribution >= 4 is 11.5 Å². The van der Waals surface area contributed by atoms with Gasteiger partial charge in [0.15, 0.2) is 12.3 Å². The van der Waals surface area contributed by atoms with Gasteiger partial charge < -0.3 is 15.4 Å². The van der Waals surface area contributed by atoms with Crippen molar-refractivity contribution in [2.24, 2.45) is 0 Å². The lowest BCUT2D eigenvalue weighted by molar-refractivity contribution is 0.0793. The maximum Gasteiger partial charge on any atom is 0.272 e. The number of rotatable bonds is 6. The number of ether oxygens (including phenoxy) is 1. The molecular formula is C17H18F2N6O. The lowest BCUT2D eigenvalue weighted by atomic mass is 10.2. The first-order valence-electron chi connectivity index (χ1n) is 8.38. The zero-order valence-corrected chi connectivity index (χ0v) is 13.9. The second kappa shape index (κ2) is 7.20. The Kier molecular flexibility index (Phi) is 4.61. The molecule has 0 aliphatic carbocycles. The Morgan fingerprint density at radius 3 is 3.04 bits per heavy atom. The monoisotopic (exact) mass is 360 g/mol. The standard InChI is InChI=1S/C17H18F2N6O/c18-14(19)10-26-17-9-25-13(7-21-16(25)8-22-17)12-2-1-3-15(24-12)23-11-4-5-20-6-11/h1-3,7-9,11,14,20H,4-6,10H2,(H,23,24)/t11-/m1/s1. The molecule has 0 spiro atoms. The van der Waals surface area contributed by atoms with Crippen molar-refractivity contribution in [2.45, 2.75) is 18.9 Å². The van der Waals surface area contributed by atoms with Crippen molar-refractivity contribution in [3.63, 3.8) is 0 Å². The summed E-state index contributed by atoms with van der Waals surface area (Å²) in [6, 6.07) is 6.08. The van der Waals surface area contributed by atoms with Gasteiger partial charge in [-0.05, 0) is 25.1 Å². The summed E-state index contributed by atoms with van der Waals surface area (Å²) >= 11 is 0. The van der Waals surface area contributed by atoms with Crippen molar-refractivity contribution < 1.29 is 13.5 Å². The van der Waals surface area contributed by atoms with Gasteiger partial charge in [-0.25, -0.2) is 23.7 Å². The third-order valence-corrected chi connectivity index (χ3v) is 4.15. The fraction of sp³-hybridized carbons (Fsp3) is 0.353. The van der Waals surface area contributed by atoms with E-state index in [4.69, 9.17) is 4.74 Å². The van der Waals surface area contributed by atoms with Crippen molar-refractivity contribution in [1.82, 2.24) is 24.7 Å². The quantitative estimate of drug-likeness (QED) is 0.702. The molecule has 0 bridgehead atoms. The van der Waals surface area contributed by atoms with E-state index in [1.54, 1.807) is 16.8 Å². The van der Waals surface area contributed by atoms with Gasteiger partial charge in [0.25, 0.3) is 6.43 Å². The minimum atomic E-state index is -2.55. The van der Waals surface area contributed by atoms with Crippen LogP contribution in [0.5, 0.6) is 5.88 Å². The van der Waals surface area contributed by atoms with Gasteiger partial charge in [-0.2, -0.15) is 0 Å². The molecule has 1 fully saturated rings. The Labute approximate surface area is 148 Å². The Bertz CT molecular complexity index is 894. The van der Waals surface area contributed by atoms with E-state index in [-0.39, 0.29) is 5.88 Å². The van der Waals surface area contributed by atoms with Crippen LogP contribution in [0.25, 0.3) is 17.0 Å². The fourth-order valence-electron chi connectivity index (χ4n) is 2.93. The average molecular weight is 360 g/mol. The summed E-state index contributed by atoms with van der Waals surface area (Å²) in [6.45, 7) is 1.21. The molecule has 0 unspecified atom stereocenters. The number of anilines is 1. The molecule has 9 heteroatoms. The van der Waals surface area contributed by atoms with Gasteiger partial charge in [0.05, 0.1) is 30.0 Å². The maximum absolute atomic E-state index is 12.3. The predicted molar refractivity (Wildman–Crippen MR) is 92.6 cm³/mol. The summed E-state index contributed by atoms with van der Waals surface area (Å²) in [5.41, 5.74) is 2.04. The molecular weight excluding hydrogens is 342 g/mol. The minimum Gasteiger partial charge on any atom is -0.471 e. The minimum absolute atomic E-state index is 0.114. The number of pyridine rings is 1. The molecule has 136 valence electrons. The average Bonchev–Trinajstić information content (AvgIpc) is 3.29. The molecule has 0 amide bonds. The molecule has 1 aliphatic heterocycles. The molecule has 26 heavy (non-hydrogen) atoms. The summed E-state index contributed by atoms with van der Waals surface area (Å²) in [5, 5.41) is 6.72. The smallest absolute Gasteiger partial charge is 0.272 e. The van der Waals surface area contributed by atoms with Gasteiger partial charge >= 0.3 is 0 Å². The second-order valence-electron chi connectivity index (χ2n) is 6.04. The van der Waals surface area contributed by atoms with Crippen LogP contribution in [0.2, 0.25) is 0 Å². The summed E-state index contributed by atoms with van der Waals surface area (Å²) in [4.78, 5) is 12.9. The molecule has 2 N–H and O–H groups in total. The van der Waals surface area contributed by atoms with Crippen LogP contribution < -0.4 is 15.4 Å². The number of hydrogen-bond donors (Lipinski definition) is 2. The van der Waals surface area contributed by atoms with Crippen LogP contribution in [0.3, 0.4) is 0 Å². The molecule has 1 saturated heterocycles. The van der Waals surface area contributed by atoms with Gasteiger partial charge in [-0.15, -0.1) is 0 Å². The summed E-state index contributed by atoms with van der Waals surface area (Å²) in [5.74, 6) is 0.901. The third-order valence-electron chi connectivity index (χ3n) is 4.15. The van der Waals surface area contributed by atoms with E-state index in [2.05, 4.69) is 25.6 Å². The topological polar surface area (TPSA) is 76.4 Å². The highest BCUT2D eigenvalue weighted by molar-refractivity contribution is 5.61. The van der Waals surface area contributed by atoms with Crippen molar-refractivity contribution in [3.05, 3.63) is 36.8 Å². The van der Waals surface area contributed by atoms with Crippen LogP contribution >= 0.6 is 0 Å². The Morgan fingerprint density at radius 2 is 2.23 bits per heavy atom. The molecule has 4 heterocycles. The van der Waals surface area contributed by atoms with Gasteiger partial charge in [0.1, 0.15) is 5.82 Å². The summed E-state index contributed by atoms with van der Waals surface area (Å²) in [6.07, 6.45) is 3.21. The number of fused-ring (bicyclic) bond motifs is 1. The van der Waals surface area contributed by atoms with Gasteiger partial charge in [0.2, 0.25) is 5.88 Å². The van der Waals surface area contributed by atoms with Crippen molar-refractivity contribution in [1.29, 1.82) is 0 Å². The SMILES string of the molecule is FC(F)COc1cn2c(-c3cccc(N[C@@H]4CCNC4)n3)cnc2cn1. The first-order valence-corrected chi connectivity index (χ1v) is 8.38. The van der Waals surface area contributed by atoms with E-state index in [0.717, 1.165) is 36.7 Å². The molecule has 0 saturated carbocycles. The molecule has 0 radical (unpaired) electrons.